The largest absolute Gasteiger partial charge is 0.490 e. The Morgan fingerprint density at radius 3 is 2.38 bits per heavy atom. The van der Waals surface area contributed by atoms with Crippen molar-refractivity contribution in [3.05, 3.63) is 79.4 Å². The lowest BCUT2D eigenvalue weighted by molar-refractivity contribution is -0.0502. The van der Waals surface area contributed by atoms with Gasteiger partial charge in [0, 0.05) is 5.39 Å². The summed E-state index contributed by atoms with van der Waals surface area (Å²) in [5.41, 5.74) is 1.95. The Morgan fingerprint density at radius 2 is 1.69 bits per heavy atom. The molecule has 3 aromatic carbocycles. The van der Waals surface area contributed by atoms with E-state index >= 15 is 0 Å². The molecule has 3 rings (SSSR count). The van der Waals surface area contributed by atoms with Gasteiger partial charge in [-0.05, 0) is 53.8 Å². The highest BCUT2D eigenvalue weighted by atomic mass is 19.3. The fraction of sp³-hybridized carbons (Fsp3) is 0.167. The van der Waals surface area contributed by atoms with Gasteiger partial charge in [0.1, 0.15) is 19.0 Å². The Morgan fingerprint density at radius 1 is 0.931 bits per heavy atom. The Labute approximate surface area is 168 Å². The van der Waals surface area contributed by atoms with Gasteiger partial charge < -0.3 is 14.2 Å². The zero-order valence-corrected chi connectivity index (χ0v) is 16.1. The molecule has 0 spiro atoms. The predicted octanol–water partition coefficient (Wildman–Crippen LogP) is 6.63. The van der Waals surface area contributed by atoms with Gasteiger partial charge in [0.2, 0.25) is 0 Å². The molecule has 0 aromatic heterocycles. The fourth-order valence-corrected chi connectivity index (χ4v) is 2.92. The Kier molecular flexibility index (Phi) is 6.85. The summed E-state index contributed by atoms with van der Waals surface area (Å²) in [5.74, 6) is 1.07. The van der Waals surface area contributed by atoms with Crippen molar-refractivity contribution in [3.8, 4) is 28.4 Å². The minimum Gasteiger partial charge on any atom is -0.490 e. The van der Waals surface area contributed by atoms with E-state index in [-0.39, 0.29) is 18.1 Å². The summed E-state index contributed by atoms with van der Waals surface area (Å²) in [7, 11) is 0. The van der Waals surface area contributed by atoms with Gasteiger partial charge in [0.05, 0.1) is 0 Å². The lowest BCUT2D eigenvalue weighted by atomic mass is 10.0. The summed E-state index contributed by atoms with van der Waals surface area (Å²) in [5, 5.41) is 1.33. The van der Waals surface area contributed by atoms with E-state index in [4.69, 9.17) is 14.2 Å². The molecule has 29 heavy (non-hydrogen) atoms. The van der Waals surface area contributed by atoms with E-state index in [1.54, 1.807) is 18.2 Å². The first kappa shape index (κ1) is 20.4. The molecule has 0 heterocycles. The molecule has 0 amide bonds. The second-order valence-corrected chi connectivity index (χ2v) is 6.21. The van der Waals surface area contributed by atoms with Crippen LogP contribution in [0.2, 0.25) is 0 Å². The molecule has 0 saturated heterocycles. The predicted molar refractivity (Wildman–Crippen MR) is 112 cm³/mol. The third kappa shape index (κ3) is 5.13. The number of ether oxygens (including phenoxy) is 3. The van der Waals surface area contributed by atoms with Crippen molar-refractivity contribution in [2.75, 3.05) is 13.2 Å². The molecule has 150 valence electrons. The molecule has 0 N–H and O–H groups in total. The first-order chi connectivity index (χ1) is 14.1. The number of fused-ring (bicyclic) bond motifs is 1. The van der Waals surface area contributed by atoms with Gasteiger partial charge >= 0.3 is 6.61 Å². The molecule has 5 heteroatoms. The summed E-state index contributed by atoms with van der Waals surface area (Å²) < 4.78 is 41.7. The quantitative estimate of drug-likeness (QED) is 0.380. The van der Waals surface area contributed by atoms with E-state index < -0.39 is 6.61 Å². The van der Waals surface area contributed by atoms with Gasteiger partial charge in [-0.3, -0.25) is 0 Å². The van der Waals surface area contributed by atoms with Crippen LogP contribution in [0, 0.1) is 0 Å². The Balaban J connectivity index is 1.92. The fourth-order valence-electron chi connectivity index (χ4n) is 2.92. The van der Waals surface area contributed by atoms with Crippen molar-refractivity contribution in [2.24, 2.45) is 0 Å². The van der Waals surface area contributed by atoms with Crippen LogP contribution in [0.25, 0.3) is 21.9 Å². The van der Waals surface area contributed by atoms with Gasteiger partial charge in [0.15, 0.2) is 11.5 Å². The molecule has 0 aliphatic carbocycles. The van der Waals surface area contributed by atoms with Crippen molar-refractivity contribution in [3.63, 3.8) is 0 Å². The first-order valence-corrected chi connectivity index (χ1v) is 9.22. The topological polar surface area (TPSA) is 27.7 Å². The molecular weight excluding hydrogens is 374 g/mol. The van der Waals surface area contributed by atoms with Crippen LogP contribution >= 0.6 is 0 Å². The SMILES string of the molecule is C=CCOc1ccc2cc(-c3ccc(OCC=CC)cc3)ccc2c1OC(F)F. The molecule has 0 unspecified atom stereocenters. The summed E-state index contributed by atoms with van der Waals surface area (Å²) >= 11 is 0. The monoisotopic (exact) mass is 396 g/mol. The van der Waals surface area contributed by atoms with Crippen molar-refractivity contribution in [2.45, 2.75) is 13.5 Å². The third-order valence-electron chi connectivity index (χ3n) is 4.27. The lowest BCUT2D eigenvalue weighted by Gasteiger charge is -2.15. The average molecular weight is 396 g/mol. The van der Waals surface area contributed by atoms with Crippen LogP contribution in [0.5, 0.6) is 17.2 Å². The van der Waals surface area contributed by atoms with Crippen LogP contribution in [-0.2, 0) is 0 Å². The summed E-state index contributed by atoms with van der Waals surface area (Å²) in [4.78, 5) is 0. The molecule has 0 saturated carbocycles. The summed E-state index contributed by atoms with van der Waals surface area (Å²) in [6, 6.07) is 16.7. The molecule has 0 radical (unpaired) electrons. The van der Waals surface area contributed by atoms with Crippen LogP contribution in [-0.4, -0.2) is 19.8 Å². The number of benzene rings is 3. The lowest BCUT2D eigenvalue weighted by Crippen LogP contribution is -2.05. The van der Waals surface area contributed by atoms with Gasteiger partial charge in [-0.1, -0.05) is 49.1 Å². The van der Waals surface area contributed by atoms with E-state index in [1.807, 2.05) is 61.5 Å². The van der Waals surface area contributed by atoms with Gasteiger partial charge in [-0.15, -0.1) is 0 Å². The van der Waals surface area contributed by atoms with E-state index in [1.165, 1.54) is 0 Å². The highest BCUT2D eigenvalue weighted by molar-refractivity contribution is 5.93. The number of allylic oxidation sites excluding steroid dienone is 1. The normalized spacial score (nSPS) is 11.2. The second kappa shape index (κ2) is 9.73. The molecule has 0 aliphatic heterocycles. The van der Waals surface area contributed by atoms with Crippen LogP contribution in [0.15, 0.2) is 79.4 Å². The molecular formula is C24H22F2O3. The Bertz CT molecular complexity index is 995. The minimum atomic E-state index is -2.94. The van der Waals surface area contributed by atoms with Crippen molar-refractivity contribution >= 4 is 10.8 Å². The maximum Gasteiger partial charge on any atom is 0.387 e. The van der Waals surface area contributed by atoms with Crippen LogP contribution < -0.4 is 14.2 Å². The molecule has 3 nitrogen and oxygen atoms in total. The smallest absolute Gasteiger partial charge is 0.387 e. The number of halogens is 2. The highest BCUT2D eigenvalue weighted by Gasteiger charge is 2.15. The minimum absolute atomic E-state index is 0.0265. The second-order valence-electron chi connectivity index (χ2n) is 6.21. The standard InChI is InChI=1S/C24H22F2O3/c1-3-5-15-27-20-10-6-17(7-11-20)18-8-12-21-19(16-18)9-13-22(28-14-4-2)23(21)29-24(25)26/h3-13,16,24H,2,14-15H2,1H3. The van der Waals surface area contributed by atoms with E-state index in [9.17, 15) is 8.78 Å². The Hall–Kier alpha value is -3.34. The molecule has 0 fully saturated rings. The van der Waals surface area contributed by atoms with Gasteiger partial charge in [-0.2, -0.15) is 8.78 Å². The highest BCUT2D eigenvalue weighted by Crippen LogP contribution is 2.38. The van der Waals surface area contributed by atoms with Crippen LogP contribution in [0.1, 0.15) is 6.92 Å². The van der Waals surface area contributed by atoms with E-state index in [0.29, 0.717) is 12.0 Å². The van der Waals surface area contributed by atoms with Crippen molar-refractivity contribution in [1.82, 2.24) is 0 Å². The summed E-state index contributed by atoms with van der Waals surface area (Å²) in [6.45, 7) is 3.30. The van der Waals surface area contributed by atoms with Crippen molar-refractivity contribution < 1.29 is 23.0 Å². The average Bonchev–Trinajstić information content (AvgIpc) is 2.73. The zero-order chi connectivity index (χ0) is 20.6. The third-order valence-corrected chi connectivity index (χ3v) is 4.27. The maximum atomic E-state index is 12.9. The molecule has 0 atom stereocenters. The van der Waals surface area contributed by atoms with Gasteiger partial charge in [0.25, 0.3) is 0 Å². The van der Waals surface area contributed by atoms with Gasteiger partial charge in [-0.25, -0.2) is 0 Å². The van der Waals surface area contributed by atoms with E-state index in [2.05, 4.69) is 6.58 Å². The summed E-state index contributed by atoms with van der Waals surface area (Å²) in [6.07, 6.45) is 5.41. The number of alkyl halides is 2. The van der Waals surface area contributed by atoms with Crippen molar-refractivity contribution in [1.29, 1.82) is 0 Å². The van der Waals surface area contributed by atoms with Crippen LogP contribution in [0.4, 0.5) is 8.78 Å². The maximum absolute atomic E-state index is 12.9. The molecule has 0 bridgehead atoms. The number of rotatable bonds is 9. The van der Waals surface area contributed by atoms with Crippen LogP contribution in [0.3, 0.4) is 0 Å². The number of hydrogen-bond donors (Lipinski definition) is 0. The molecule has 0 aliphatic rings. The van der Waals surface area contributed by atoms with E-state index in [0.717, 1.165) is 22.3 Å². The first-order valence-electron chi connectivity index (χ1n) is 9.22. The molecule has 3 aromatic rings. The number of hydrogen-bond acceptors (Lipinski definition) is 3. The zero-order valence-electron chi connectivity index (χ0n) is 16.1.